The lowest BCUT2D eigenvalue weighted by atomic mass is 10.1. The summed E-state index contributed by atoms with van der Waals surface area (Å²) in [6.45, 7) is 0.896. The Morgan fingerprint density at radius 1 is 1.63 bits per heavy atom. The summed E-state index contributed by atoms with van der Waals surface area (Å²) in [5, 5.41) is 30.2. The van der Waals surface area contributed by atoms with Crippen LogP contribution in [-0.4, -0.2) is 56.2 Å². The average molecular weight is 275 g/mol. The number of ether oxygens (including phenoxy) is 1. The number of aliphatic hydroxyl groups is 3. The van der Waals surface area contributed by atoms with E-state index in [9.17, 15) is 19.4 Å². The minimum atomic E-state index is -2.82. The van der Waals surface area contributed by atoms with Crippen LogP contribution in [0.1, 0.15) is 5.56 Å². The van der Waals surface area contributed by atoms with E-state index in [1.165, 1.54) is 6.20 Å². The third-order valence-corrected chi connectivity index (χ3v) is 2.88. The van der Waals surface area contributed by atoms with Gasteiger partial charge in [0.05, 0.1) is 6.61 Å². The number of aliphatic hydroxyl groups excluding tert-OH is 3. The van der Waals surface area contributed by atoms with Crippen molar-refractivity contribution in [3.63, 3.8) is 0 Å². The van der Waals surface area contributed by atoms with Crippen LogP contribution in [0.4, 0.5) is 10.2 Å². The fourth-order valence-corrected chi connectivity index (χ4v) is 1.79. The highest BCUT2D eigenvalue weighted by molar-refractivity contribution is 5.43. The summed E-state index contributed by atoms with van der Waals surface area (Å²) in [6, 6.07) is 0. The molecule has 1 saturated heterocycles. The molecule has 0 spiro atoms. The highest BCUT2D eigenvalue weighted by Gasteiger charge is 2.55. The van der Waals surface area contributed by atoms with Crippen molar-refractivity contribution < 1.29 is 24.4 Å². The van der Waals surface area contributed by atoms with Gasteiger partial charge in [0.15, 0.2) is 6.10 Å². The first-order valence-corrected chi connectivity index (χ1v) is 5.55. The van der Waals surface area contributed by atoms with Gasteiger partial charge < -0.3 is 25.4 Å². The largest absolute Gasteiger partial charge is 0.394 e. The fraction of sp³-hybridized carbons (Fsp3) is 0.600. The van der Waals surface area contributed by atoms with Crippen LogP contribution in [-0.2, 0) is 4.74 Å². The van der Waals surface area contributed by atoms with Gasteiger partial charge >= 0.3 is 11.7 Å². The number of nitrogens with zero attached hydrogens (tertiary/aromatic N) is 1. The molecule has 19 heavy (non-hydrogen) atoms. The smallest absolute Gasteiger partial charge is 0.346 e. The van der Waals surface area contributed by atoms with Crippen molar-refractivity contribution in [2.75, 3.05) is 11.9 Å². The van der Waals surface area contributed by atoms with Crippen molar-refractivity contribution in [1.29, 1.82) is 0 Å². The lowest BCUT2D eigenvalue weighted by Crippen LogP contribution is -2.46. The summed E-state index contributed by atoms with van der Waals surface area (Å²) in [5.41, 5.74) is -0.294. The van der Waals surface area contributed by atoms with E-state index in [-0.39, 0.29) is 5.82 Å². The quantitative estimate of drug-likeness (QED) is 0.413. The van der Waals surface area contributed by atoms with Crippen molar-refractivity contribution in [3.8, 4) is 0 Å². The Balaban J connectivity index is 2.27. The molecule has 0 amide bonds. The third-order valence-electron chi connectivity index (χ3n) is 2.88. The van der Waals surface area contributed by atoms with Crippen LogP contribution >= 0.6 is 0 Å². The van der Waals surface area contributed by atoms with E-state index in [1.54, 1.807) is 6.92 Å². The van der Waals surface area contributed by atoms with Gasteiger partial charge in [-0.1, -0.05) is 0 Å². The fourth-order valence-electron chi connectivity index (χ4n) is 1.79. The van der Waals surface area contributed by atoms with Gasteiger partial charge in [-0.3, -0.25) is 4.98 Å². The van der Waals surface area contributed by atoms with Crippen LogP contribution in [0.25, 0.3) is 0 Å². The van der Waals surface area contributed by atoms with E-state index >= 15 is 0 Å². The van der Waals surface area contributed by atoms with E-state index in [1.807, 2.05) is 0 Å². The minimum Gasteiger partial charge on any atom is -0.394 e. The van der Waals surface area contributed by atoms with Gasteiger partial charge in [-0.05, 0) is 6.92 Å². The molecule has 1 aromatic rings. The number of aryl methyl sites for hydroxylation is 1. The van der Waals surface area contributed by atoms with E-state index in [4.69, 9.17) is 9.84 Å². The molecule has 0 radical (unpaired) electrons. The van der Waals surface area contributed by atoms with Crippen LogP contribution in [0.3, 0.4) is 0 Å². The lowest BCUT2D eigenvalue weighted by molar-refractivity contribution is -0.158. The molecule has 0 bridgehead atoms. The van der Waals surface area contributed by atoms with Gasteiger partial charge in [0.2, 0.25) is 0 Å². The standard InChI is InChI=1S/C10H14FN3O5/c1-4-2-12-9(18)13-8(4)14-10(11)7(17)6(16)5(3-15)19-10/h2,5-7,15-17H,3H2,1H3,(H2,12,13,14,18)/t5-,6-,7+,10?/m1/s1. The molecule has 1 unspecified atom stereocenters. The van der Waals surface area contributed by atoms with E-state index in [0.29, 0.717) is 5.56 Å². The topological polar surface area (TPSA) is 128 Å². The van der Waals surface area contributed by atoms with E-state index in [0.717, 1.165) is 0 Å². The summed E-state index contributed by atoms with van der Waals surface area (Å²) in [4.78, 5) is 16.7. The van der Waals surface area contributed by atoms with Crippen LogP contribution in [0.5, 0.6) is 0 Å². The predicted octanol–water partition coefficient (Wildman–Crippen LogP) is -1.77. The third kappa shape index (κ3) is 2.45. The summed E-state index contributed by atoms with van der Waals surface area (Å²) in [6.07, 6.45) is -3.55. The Kier molecular flexibility index (Phi) is 3.54. The SMILES string of the molecule is Cc1cnc(=O)[nH]c1NC1(F)O[C@H](CO)[C@@H](O)[C@@H]1O. The molecular weight excluding hydrogens is 261 g/mol. The molecule has 0 aliphatic carbocycles. The summed E-state index contributed by atoms with van der Waals surface area (Å²) in [7, 11) is 0. The van der Waals surface area contributed by atoms with Gasteiger partial charge in [0.1, 0.15) is 18.0 Å². The summed E-state index contributed by atoms with van der Waals surface area (Å²) >= 11 is 0. The monoisotopic (exact) mass is 275 g/mol. The summed E-state index contributed by atoms with van der Waals surface area (Å²) < 4.78 is 19.1. The highest BCUT2D eigenvalue weighted by atomic mass is 19.2. The Bertz CT molecular complexity index is 524. The second kappa shape index (κ2) is 4.85. The van der Waals surface area contributed by atoms with Gasteiger partial charge in [-0.25, -0.2) is 9.78 Å². The van der Waals surface area contributed by atoms with Gasteiger partial charge in [0.25, 0.3) is 0 Å². The number of alkyl halides is 1. The highest BCUT2D eigenvalue weighted by Crippen LogP contribution is 2.33. The molecule has 2 heterocycles. The molecule has 0 saturated carbocycles. The Hall–Kier alpha value is -1.55. The number of aromatic amines is 1. The molecule has 1 aliphatic heterocycles. The first-order valence-electron chi connectivity index (χ1n) is 5.55. The number of anilines is 1. The molecule has 1 aliphatic rings. The van der Waals surface area contributed by atoms with Crippen LogP contribution in [0.2, 0.25) is 0 Å². The maximum Gasteiger partial charge on any atom is 0.346 e. The van der Waals surface area contributed by atoms with Crippen molar-refractivity contribution >= 4 is 5.82 Å². The molecule has 106 valence electrons. The van der Waals surface area contributed by atoms with Crippen molar-refractivity contribution in [3.05, 3.63) is 22.2 Å². The Morgan fingerprint density at radius 3 is 2.89 bits per heavy atom. The number of rotatable bonds is 3. The number of hydrogen-bond donors (Lipinski definition) is 5. The van der Waals surface area contributed by atoms with Gasteiger partial charge in [0, 0.05) is 11.8 Å². The first kappa shape index (κ1) is 13.9. The zero-order chi connectivity index (χ0) is 14.2. The van der Waals surface area contributed by atoms with Crippen molar-refractivity contribution in [2.45, 2.75) is 31.2 Å². The van der Waals surface area contributed by atoms with E-state index in [2.05, 4.69) is 15.3 Å². The summed E-state index contributed by atoms with van der Waals surface area (Å²) in [5.74, 6) is -2.85. The molecule has 1 aromatic heterocycles. The normalized spacial score (nSPS) is 34.5. The second-order valence-electron chi connectivity index (χ2n) is 4.29. The van der Waals surface area contributed by atoms with Gasteiger partial charge in [-0.2, -0.15) is 4.39 Å². The zero-order valence-corrected chi connectivity index (χ0v) is 10.00. The van der Waals surface area contributed by atoms with Crippen molar-refractivity contribution in [2.24, 2.45) is 0 Å². The number of H-pyrrole nitrogens is 1. The van der Waals surface area contributed by atoms with Crippen molar-refractivity contribution in [1.82, 2.24) is 9.97 Å². The molecule has 5 N–H and O–H groups in total. The lowest BCUT2D eigenvalue weighted by Gasteiger charge is -2.25. The number of aromatic nitrogens is 2. The number of nitrogens with one attached hydrogen (secondary N) is 2. The first-order chi connectivity index (χ1) is 8.87. The molecule has 4 atom stereocenters. The van der Waals surface area contributed by atoms with E-state index < -0.39 is 36.6 Å². The zero-order valence-electron chi connectivity index (χ0n) is 10.00. The number of hydrogen-bond acceptors (Lipinski definition) is 7. The Labute approximate surface area is 106 Å². The molecule has 8 nitrogen and oxygen atoms in total. The van der Waals surface area contributed by atoms with Crippen LogP contribution < -0.4 is 11.0 Å². The molecular formula is C10H14FN3O5. The van der Waals surface area contributed by atoms with Crippen LogP contribution in [0, 0.1) is 6.92 Å². The molecule has 9 heteroatoms. The Morgan fingerprint density at radius 2 is 2.32 bits per heavy atom. The number of halogens is 1. The molecule has 1 fully saturated rings. The predicted molar refractivity (Wildman–Crippen MR) is 61.0 cm³/mol. The molecule has 2 rings (SSSR count). The average Bonchev–Trinajstić information content (AvgIpc) is 2.58. The van der Waals surface area contributed by atoms with Gasteiger partial charge in [-0.15, -0.1) is 0 Å². The van der Waals surface area contributed by atoms with Crippen LogP contribution in [0.15, 0.2) is 11.0 Å². The second-order valence-corrected chi connectivity index (χ2v) is 4.29. The minimum absolute atomic E-state index is 0.0349. The molecule has 0 aromatic carbocycles. The maximum absolute atomic E-state index is 14.4. The maximum atomic E-state index is 14.4.